The van der Waals surface area contributed by atoms with E-state index >= 15 is 0 Å². The number of nitrogens with zero attached hydrogens (tertiary/aromatic N) is 1. The normalized spacial score (nSPS) is 12.3. The third kappa shape index (κ3) is 2.16. The van der Waals surface area contributed by atoms with Crippen molar-refractivity contribution in [2.75, 3.05) is 14.2 Å². The van der Waals surface area contributed by atoms with Gasteiger partial charge in [0.25, 0.3) is 0 Å². The third-order valence-electron chi connectivity index (χ3n) is 3.98. The molecule has 23 heavy (non-hydrogen) atoms. The van der Waals surface area contributed by atoms with Crippen molar-refractivity contribution in [1.29, 1.82) is 0 Å². The number of methoxy groups -OCH3 is 2. The minimum Gasteiger partial charge on any atom is -0.493 e. The third-order valence-corrected chi connectivity index (χ3v) is 3.98. The minimum atomic E-state index is -0.320. The highest BCUT2D eigenvalue weighted by atomic mass is 19.1. The van der Waals surface area contributed by atoms with Gasteiger partial charge in [-0.05, 0) is 24.3 Å². The summed E-state index contributed by atoms with van der Waals surface area (Å²) in [5, 5.41) is 0.940. The van der Waals surface area contributed by atoms with Gasteiger partial charge in [0.1, 0.15) is 18.2 Å². The molecule has 0 N–H and O–H groups in total. The number of rotatable bonds is 2. The van der Waals surface area contributed by atoms with Crippen molar-refractivity contribution in [2.45, 2.75) is 6.61 Å². The van der Waals surface area contributed by atoms with E-state index in [-0.39, 0.29) is 5.82 Å². The summed E-state index contributed by atoms with van der Waals surface area (Å²) >= 11 is 0. The Morgan fingerprint density at radius 1 is 1.04 bits per heavy atom. The van der Waals surface area contributed by atoms with E-state index < -0.39 is 0 Å². The Bertz CT molecular complexity index is 924. The molecule has 0 atom stereocenters. The Labute approximate surface area is 132 Å². The molecule has 4 nitrogen and oxygen atoms in total. The van der Waals surface area contributed by atoms with E-state index in [1.165, 1.54) is 12.1 Å². The van der Waals surface area contributed by atoms with Gasteiger partial charge >= 0.3 is 0 Å². The van der Waals surface area contributed by atoms with E-state index in [1.54, 1.807) is 20.3 Å². The molecule has 0 unspecified atom stereocenters. The number of hydrogen-bond acceptors (Lipinski definition) is 4. The van der Waals surface area contributed by atoms with Gasteiger partial charge < -0.3 is 14.2 Å². The summed E-state index contributed by atoms with van der Waals surface area (Å²) < 4.78 is 29.7. The zero-order valence-corrected chi connectivity index (χ0v) is 12.7. The molecule has 0 saturated heterocycles. The molecular formula is C18H14FNO3. The summed E-state index contributed by atoms with van der Waals surface area (Å²) in [6, 6.07) is 10.2. The van der Waals surface area contributed by atoms with Crippen LogP contribution >= 0.6 is 0 Å². The van der Waals surface area contributed by atoms with Gasteiger partial charge in [0, 0.05) is 28.6 Å². The molecule has 0 saturated carbocycles. The predicted octanol–water partition coefficient (Wildman–Crippen LogP) is 3.95. The van der Waals surface area contributed by atoms with Crippen LogP contribution in [0.15, 0.2) is 36.4 Å². The van der Waals surface area contributed by atoms with E-state index in [9.17, 15) is 4.39 Å². The highest BCUT2D eigenvalue weighted by Crippen LogP contribution is 2.39. The summed E-state index contributed by atoms with van der Waals surface area (Å²) in [7, 11) is 3.19. The van der Waals surface area contributed by atoms with Crippen LogP contribution < -0.4 is 14.2 Å². The van der Waals surface area contributed by atoms with Gasteiger partial charge in [-0.15, -0.1) is 0 Å². The van der Waals surface area contributed by atoms with Crippen molar-refractivity contribution in [3.05, 3.63) is 47.8 Å². The Kier molecular flexibility index (Phi) is 3.08. The first-order chi connectivity index (χ1) is 11.2. The standard InChI is InChI=1S/C18H14FNO3/c1-21-16-6-10-5-11-9-23-15-7-12(19)3-4-13(15)18(11)20-14(10)8-17(16)22-2/h3-8H,9H2,1-2H3. The van der Waals surface area contributed by atoms with Crippen LogP contribution in [-0.2, 0) is 6.61 Å². The molecule has 1 aromatic heterocycles. The fraction of sp³-hybridized carbons (Fsp3) is 0.167. The summed E-state index contributed by atoms with van der Waals surface area (Å²) in [6.07, 6.45) is 0. The monoisotopic (exact) mass is 311 g/mol. The zero-order valence-electron chi connectivity index (χ0n) is 12.7. The van der Waals surface area contributed by atoms with Crippen LogP contribution in [0.3, 0.4) is 0 Å². The molecule has 2 aromatic carbocycles. The topological polar surface area (TPSA) is 40.6 Å². The van der Waals surface area contributed by atoms with Crippen molar-refractivity contribution in [2.24, 2.45) is 0 Å². The van der Waals surface area contributed by atoms with Crippen molar-refractivity contribution >= 4 is 10.9 Å². The number of pyridine rings is 1. The predicted molar refractivity (Wildman–Crippen MR) is 84.6 cm³/mol. The quantitative estimate of drug-likeness (QED) is 0.718. The number of fused-ring (bicyclic) bond motifs is 4. The van der Waals surface area contributed by atoms with Crippen LogP contribution in [0.4, 0.5) is 4.39 Å². The smallest absolute Gasteiger partial charge is 0.162 e. The van der Waals surface area contributed by atoms with Crippen molar-refractivity contribution < 1.29 is 18.6 Å². The van der Waals surface area contributed by atoms with Crippen LogP contribution in [0.25, 0.3) is 22.2 Å². The minimum absolute atomic E-state index is 0.320. The van der Waals surface area contributed by atoms with Gasteiger partial charge in [-0.1, -0.05) is 0 Å². The second-order valence-corrected chi connectivity index (χ2v) is 5.33. The van der Waals surface area contributed by atoms with Crippen LogP contribution in [-0.4, -0.2) is 19.2 Å². The van der Waals surface area contributed by atoms with Crippen LogP contribution in [0.5, 0.6) is 17.2 Å². The van der Waals surface area contributed by atoms with Crippen LogP contribution in [0.2, 0.25) is 0 Å². The van der Waals surface area contributed by atoms with Crippen molar-refractivity contribution in [3.63, 3.8) is 0 Å². The van der Waals surface area contributed by atoms with E-state index in [2.05, 4.69) is 0 Å². The van der Waals surface area contributed by atoms with Gasteiger partial charge in [0.05, 0.1) is 25.4 Å². The zero-order chi connectivity index (χ0) is 16.0. The SMILES string of the molecule is COc1cc2cc3c(nc2cc1OC)-c1ccc(F)cc1OC3. The Hall–Kier alpha value is -2.82. The maximum atomic E-state index is 13.4. The lowest BCUT2D eigenvalue weighted by Gasteiger charge is -2.21. The maximum absolute atomic E-state index is 13.4. The molecule has 3 aromatic rings. The first-order valence-corrected chi connectivity index (χ1v) is 7.18. The Morgan fingerprint density at radius 2 is 1.83 bits per heavy atom. The lowest BCUT2D eigenvalue weighted by Crippen LogP contribution is -2.07. The molecule has 4 rings (SSSR count). The summed E-state index contributed by atoms with van der Waals surface area (Å²) in [5.41, 5.74) is 3.36. The first-order valence-electron chi connectivity index (χ1n) is 7.18. The molecule has 0 radical (unpaired) electrons. The van der Waals surface area contributed by atoms with Gasteiger partial charge in [-0.25, -0.2) is 9.37 Å². The highest BCUT2D eigenvalue weighted by Gasteiger charge is 2.20. The van der Waals surface area contributed by atoms with Crippen LogP contribution in [0.1, 0.15) is 5.56 Å². The summed E-state index contributed by atoms with van der Waals surface area (Å²) in [5.74, 6) is 1.48. The molecular weight excluding hydrogens is 297 g/mol. The highest BCUT2D eigenvalue weighted by molar-refractivity contribution is 5.87. The number of benzene rings is 2. The fourth-order valence-electron chi connectivity index (χ4n) is 2.85. The molecule has 1 aliphatic rings. The van der Waals surface area contributed by atoms with Crippen LogP contribution in [0, 0.1) is 5.82 Å². The summed E-state index contributed by atoms with van der Waals surface area (Å²) in [6.45, 7) is 0.364. The van der Waals surface area contributed by atoms with E-state index in [0.717, 1.165) is 27.7 Å². The van der Waals surface area contributed by atoms with E-state index in [0.29, 0.717) is 23.9 Å². The van der Waals surface area contributed by atoms with Gasteiger partial charge in [0.15, 0.2) is 11.5 Å². The molecule has 0 amide bonds. The average Bonchev–Trinajstić information content (AvgIpc) is 2.58. The summed E-state index contributed by atoms with van der Waals surface area (Å²) in [4.78, 5) is 4.73. The van der Waals surface area contributed by atoms with Gasteiger partial charge in [-0.2, -0.15) is 0 Å². The second kappa shape index (κ2) is 5.12. The number of ether oxygens (including phenoxy) is 3. The van der Waals surface area contributed by atoms with Crippen molar-refractivity contribution in [1.82, 2.24) is 4.98 Å². The Balaban J connectivity index is 1.96. The number of halogens is 1. The van der Waals surface area contributed by atoms with E-state index in [1.807, 2.05) is 18.2 Å². The maximum Gasteiger partial charge on any atom is 0.162 e. The molecule has 0 bridgehead atoms. The molecule has 0 fully saturated rings. The van der Waals surface area contributed by atoms with E-state index in [4.69, 9.17) is 19.2 Å². The lowest BCUT2D eigenvalue weighted by atomic mass is 10.0. The largest absolute Gasteiger partial charge is 0.493 e. The molecule has 0 spiro atoms. The average molecular weight is 311 g/mol. The second-order valence-electron chi connectivity index (χ2n) is 5.33. The molecule has 116 valence electrons. The number of aromatic nitrogens is 1. The lowest BCUT2D eigenvalue weighted by molar-refractivity contribution is 0.300. The first kappa shape index (κ1) is 13.8. The number of hydrogen-bond donors (Lipinski definition) is 0. The Morgan fingerprint density at radius 3 is 2.61 bits per heavy atom. The molecule has 2 heterocycles. The molecule has 1 aliphatic heterocycles. The fourth-order valence-corrected chi connectivity index (χ4v) is 2.85. The van der Waals surface area contributed by atoms with Gasteiger partial charge in [0.2, 0.25) is 0 Å². The van der Waals surface area contributed by atoms with Crippen molar-refractivity contribution in [3.8, 4) is 28.5 Å². The van der Waals surface area contributed by atoms with Gasteiger partial charge in [-0.3, -0.25) is 0 Å². The molecule has 0 aliphatic carbocycles. The molecule has 5 heteroatoms.